The molecule has 140 valence electrons. The standard InChI is InChI=1S/C21H24N4O2/c1-14-16(11-19(26)27)20(24-10-9-21(2,3)13-24)25-18(22-14)12-17(23-25)15-7-5-4-6-8-15/h4-8,12H,9-11,13H2,1-3H3,(H,26,27). The van der Waals surface area contributed by atoms with E-state index in [1.54, 1.807) is 0 Å². The van der Waals surface area contributed by atoms with Crippen molar-refractivity contribution in [1.29, 1.82) is 0 Å². The molecule has 0 radical (unpaired) electrons. The summed E-state index contributed by atoms with van der Waals surface area (Å²) < 4.78 is 1.83. The van der Waals surface area contributed by atoms with Crippen molar-refractivity contribution in [3.63, 3.8) is 0 Å². The highest BCUT2D eigenvalue weighted by molar-refractivity contribution is 5.75. The second kappa shape index (κ2) is 6.37. The molecule has 0 bridgehead atoms. The summed E-state index contributed by atoms with van der Waals surface area (Å²) in [5, 5.41) is 14.2. The molecule has 6 nitrogen and oxygen atoms in total. The Morgan fingerprint density at radius 3 is 2.63 bits per heavy atom. The van der Waals surface area contributed by atoms with Crippen LogP contribution in [0.25, 0.3) is 16.9 Å². The zero-order valence-corrected chi connectivity index (χ0v) is 15.9. The number of carboxylic acids is 1. The summed E-state index contributed by atoms with van der Waals surface area (Å²) in [4.78, 5) is 18.4. The number of aryl methyl sites for hydroxylation is 1. The van der Waals surface area contributed by atoms with E-state index < -0.39 is 5.97 Å². The van der Waals surface area contributed by atoms with Crippen LogP contribution in [0.15, 0.2) is 36.4 Å². The minimum Gasteiger partial charge on any atom is -0.481 e. The summed E-state index contributed by atoms with van der Waals surface area (Å²) in [6, 6.07) is 12.0. The van der Waals surface area contributed by atoms with Gasteiger partial charge in [-0.3, -0.25) is 4.79 Å². The van der Waals surface area contributed by atoms with Gasteiger partial charge < -0.3 is 10.0 Å². The van der Waals surface area contributed by atoms with E-state index in [0.717, 1.165) is 53.5 Å². The maximum atomic E-state index is 11.5. The van der Waals surface area contributed by atoms with Crippen molar-refractivity contribution in [3.05, 3.63) is 47.7 Å². The number of aromatic nitrogens is 3. The molecule has 6 heteroatoms. The van der Waals surface area contributed by atoms with E-state index in [1.165, 1.54) is 0 Å². The molecule has 1 aliphatic heterocycles. The second-order valence-electron chi connectivity index (χ2n) is 8.07. The van der Waals surface area contributed by atoms with Gasteiger partial charge in [-0.2, -0.15) is 9.61 Å². The van der Waals surface area contributed by atoms with E-state index in [4.69, 9.17) is 5.10 Å². The van der Waals surface area contributed by atoms with E-state index in [0.29, 0.717) is 0 Å². The molecule has 0 atom stereocenters. The highest BCUT2D eigenvalue weighted by Gasteiger charge is 2.33. The van der Waals surface area contributed by atoms with E-state index >= 15 is 0 Å². The number of fused-ring (bicyclic) bond motifs is 1. The van der Waals surface area contributed by atoms with Crippen LogP contribution in [0.5, 0.6) is 0 Å². The quantitative estimate of drug-likeness (QED) is 0.766. The average Bonchev–Trinajstić information content (AvgIpc) is 3.19. The second-order valence-corrected chi connectivity index (χ2v) is 8.07. The topological polar surface area (TPSA) is 70.7 Å². The molecule has 2 aromatic heterocycles. The van der Waals surface area contributed by atoms with Crippen molar-refractivity contribution < 1.29 is 9.90 Å². The molecule has 27 heavy (non-hydrogen) atoms. The van der Waals surface area contributed by atoms with E-state index in [2.05, 4.69) is 23.7 Å². The van der Waals surface area contributed by atoms with Gasteiger partial charge in [-0.05, 0) is 18.8 Å². The summed E-state index contributed by atoms with van der Waals surface area (Å²) >= 11 is 0. The van der Waals surface area contributed by atoms with Gasteiger partial charge >= 0.3 is 5.97 Å². The normalized spacial score (nSPS) is 16.2. The number of aliphatic carboxylic acids is 1. The van der Waals surface area contributed by atoms with Crippen LogP contribution in [-0.4, -0.2) is 38.8 Å². The number of carbonyl (C=O) groups is 1. The Morgan fingerprint density at radius 2 is 2.00 bits per heavy atom. The Balaban J connectivity index is 1.92. The summed E-state index contributed by atoms with van der Waals surface area (Å²) in [6.45, 7) is 8.14. The largest absolute Gasteiger partial charge is 0.481 e. The van der Waals surface area contributed by atoms with Crippen molar-refractivity contribution >= 4 is 17.4 Å². The van der Waals surface area contributed by atoms with Crippen LogP contribution in [0.2, 0.25) is 0 Å². The lowest BCUT2D eigenvalue weighted by molar-refractivity contribution is -0.136. The molecular weight excluding hydrogens is 340 g/mol. The third-order valence-electron chi connectivity index (χ3n) is 5.25. The Morgan fingerprint density at radius 1 is 1.26 bits per heavy atom. The minimum atomic E-state index is -0.852. The highest BCUT2D eigenvalue weighted by atomic mass is 16.4. The minimum absolute atomic E-state index is 0.0540. The fraction of sp³-hybridized carbons (Fsp3) is 0.381. The molecule has 0 saturated carbocycles. The highest BCUT2D eigenvalue weighted by Crippen LogP contribution is 2.36. The Hall–Kier alpha value is -2.89. The Kier molecular flexibility index (Phi) is 4.13. The number of benzene rings is 1. The van der Waals surface area contributed by atoms with Gasteiger partial charge in [0.2, 0.25) is 0 Å². The van der Waals surface area contributed by atoms with Gasteiger partial charge in [0, 0.05) is 36.0 Å². The molecule has 0 aliphatic carbocycles. The van der Waals surface area contributed by atoms with Crippen molar-refractivity contribution in [3.8, 4) is 11.3 Å². The molecule has 0 amide bonds. The monoisotopic (exact) mass is 364 g/mol. The molecule has 0 spiro atoms. The first-order valence-corrected chi connectivity index (χ1v) is 9.25. The maximum Gasteiger partial charge on any atom is 0.308 e. The molecule has 4 rings (SSSR count). The Bertz CT molecular complexity index is 1010. The van der Waals surface area contributed by atoms with Crippen molar-refractivity contribution in [1.82, 2.24) is 14.6 Å². The first kappa shape index (κ1) is 17.5. The predicted molar refractivity (Wildman–Crippen MR) is 105 cm³/mol. The van der Waals surface area contributed by atoms with Crippen LogP contribution in [0.3, 0.4) is 0 Å². The zero-order valence-electron chi connectivity index (χ0n) is 15.9. The summed E-state index contributed by atoms with van der Waals surface area (Å²) in [6.07, 6.45) is 1.01. The fourth-order valence-corrected chi connectivity index (χ4v) is 3.86. The van der Waals surface area contributed by atoms with Crippen LogP contribution < -0.4 is 4.90 Å². The zero-order chi connectivity index (χ0) is 19.2. The van der Waals surface area contributed by atoms with Crippen molar-refractivity contribution in [2.75, 3.05) is 18.0 Å². The molecular formula is C21H24N4O2. The van der Waals surface area contributed by atoms with Gasteiger partial charge in [0.05, 0.1) is 12.1 Å². The van der Waals surface area contributed by atoms with Crippen molar-refractivity contribution in [2.45, 2.75) is 33.6 Å². The molecule has 1 aromatic carbocycles. The van der Waals surface area contributed by atoms with Gasteiger partial charge in [-0.1, -0.05) is 44.2 Å². The van der Waals surface area contributed by atoms with Gasteiger partial charge in [-0.25, -0.2) is 4.98 Å². The lowest BCUT2D eigenvalue weighted by atomic mass is 9.93. The molecule has 0 unspecified atom stereocenters. The molecule has 1 aliphatic rings. The third-order valence-corrected chi connectivity index (χ3v) is 5.25. The van der Waals surface area contributed by atoms with Gasteiger partial charge in [0.25, 0.3) is 0 Å². The van der Waals surface area contributed by atoms with Gasteiger partial charge in [-0.15, -0.1) is 0 Å². The van der Waals surface area contributed by atoms with Crippen LogP contribution >= 0.6 is 0 Å². The fourth-order valence-electron chi connectivity index (χ4n) is 3.86. The first-order valence-electron chi connectivity index (χ1n) is 9.25. The van der Waals surface area contributed by atoms with Gasteiger partial charge in [0.15, 0.2) is 5.65 Å². The SMILES string of the molecule is Cc1nc2cc(-c3ccccc3)nn2c(N2CCC(C)(C)C2)c1CC(=O)O. The first-order chi connectivity index (χ1) is 12.8. The maximum absolute atomic E-state index is 11.5. The van der Waals surface area contributed by atoms with Crippen molar-refractivity contribution in [2.24, 2.45) is 5.41 Å². The van der Waals surface area contributed by atoms with E-state index in [9.17, 15) is 9.90 Å². The van der Waals surface area contributed by atoms with Crippen LogP contribution in [-0.2, 0) is 11.2 Å². The third kappa shape index (κ3) is 3.27. The summed E-state index contributed by atoms with van der Waals surface area (Å²) in [5.41, 5.74) is 4.31. The van der Waals surface area contributed by atoms with Gasteiger partial charge in [0.1, 0.15) is 5.82 Å². The summed E-state index contributed by atoms with van der Waals surface area (Å²) in [5.74, 6) is 0.0158. The number of hydrogen-bond acceptors (Lipinski definition) is 4. The summed E-state index contributed by atoms with van der Waals surface area (Å²) in [7, 11) is 0. The molecule has 1 fully saturated rings. The molecule has 1 saturated heterocycles. The van der Waals surface area contributed by atoms with Crippen LogP contribution in [0, 0.1) is 12.3 Å². The number of carboxylic acid groups (broad SMARTS) is 1. The number of anilines is 1. The Labute approximate surface area is 158 Å². The molecule has 1 N–H and O–H groups in total. The lowest BCUT2D eigenvalue weighted by Crippen LogP contribution is -2.27. The number of nitrogens with zero attached hydrogens (tertiary/aromatic N) is 4. The number of hydrogen-bond donors (Lipinski definition) is 1. The van der Waals surface area contributed by atoms with Crippen LogP contribution in [0.1, 0.15) is 31.5 Å². The molecule has 3 heterocycles. The molecule has 3 aromatic rings. The smallest absolute Gasteiger partial charge is 0.308 e. The average molecular weight is 364 g/mol. The lowest BCUT2D eigenvalue weighted by Gasteiger charge is -2.25. The van der Waals surface area contributed by atoms with Crippen LogP contribution in [0.4, 0.5) is 5.82 Å². The number of rotatable bonds is 4. The van der Waals surface area contributed by atoms with E-state index in [1.807, 2.05) is 47.8 Å². The van der Waals surface area contributed by atoms with E-state index in [-0.39, 0.29) is 11.8 Å². The predicted octanol–water partition coefficient (Wildman–Crippen LogP) is 3.57.